The first-order chi connectivity index (χ1) is 12.0. The lowest BCUT2D eigenvalue weighted by molar-refractivity contribution is -0.137. The van der Waals surface area contributed by atoms with Crippen LogP contribution in [0.3, 0.4) is 0 Å². The van der Waals surface area contributed by atoms with Gasteiger partial charge in [0.15, 0.2) is 0 Å². The summed E-state index contributed by atoms with van der Waals surface area (Å²) < 4.78 is 45.6. The van der Waals surface area contributed by atoms with Crippen LogP contribution in [0.15, 0.2) is 60.0 Å². The first kappa shape index (κ1) is 17.3. The van der Waals surface area contributed by atoms with Crippen LogP contribution in [0.1, 0.15) is 16.0 Å². The van der Waals surface area contributed by atoms with Crippen molar-refractivity contribution >= 4 is 23.5 Å². The van der Waals surface area contributed by atoms with Gasteiger partial charge in [0.1, 0.15) is 5.75 Å². The maximum atomic E-state index is 13.5. The van der Waals surface area contributed by atoms with Gasteiger partial charge in [0.25, 0.3) is 0 Å². The van der Waals surface area contributed by atoms with Crippen LogP contribution in [-0.2, 0) is 6.18 Å². The van der Waals surface area contributed by atoms with Gasteiger partial charge in [-0.3, -0.25) is 0 Å². The standard InChI is InChI=1S/C20H15F3OS/c1-24-16-8-6-15(7-9-16)18-11-5-14(13-19(18)20(21,22)23)4-10-17-3-2-12-25-17/h2-13H,1H3/b10-4+. The van der Waals surface area contributed by atoms with Gasteiger partial charge in [-0.15, -0.1) is 11.3 Å². The first-order valence-electron chi connectivity index (χ1n) is 7.54. The zero-order valence-electron chi connectivity index (χ0n) is 13.4. The Hall–Kier alpha value is -2.53. The lowest BCUT2D eigenvalue weighted by atomic mass is 9.97. The van der Waals surface area contributed by atoms with Gasteiger partial charge in [-0.25, -0.2) is 0 Å². The summed E-state index contributed by atoms with van der Waals surface area (Å²) in [5, 5.41) is 1.92. The lowest BCUT2D eigenvalue weighted by Crippen LogP contribution is -2.07. The zero-order valence-corrected chi connectivity index (χ0v) is 14.2. The van der Waals surface area contributed by atoms with Crippen molar-refractivity contribution in [1.82, 2.24) is 0 Å². The van der Waals surface area contributed by atoms with E-state index in [2.05, 4.69) is 0 Å². The minimum Gasteiger partial charge on any atom is -0.497 e. The molecule has 25 heavy (non-hydrogen) atoms. The largest absolute Gasteiger partial charge is 0.497 e. The van der Waals surface area contributed by atoms with Crippen molar-refractivity contribution in [3.63, 3.8) is 0 Å². The highest BCUT2D eigenvalue weighted by molar-refractivity contribution is 7.10. The number of thiophene rings is 1. The van der Waals surface area contributed by atoms with Crippen molar-refractivity contribution in [3.05, 3.63) is 76.0 Å². The van der Waals surface area contributed by atoms with Gasteiger partial charge < -0.3 is 4.74 Å². The van der Waals surface area contributed by atoms with Gasteiger partial charge in [-0.05, 0) is 52.4 Å². The second-order valence-corrected chi connectivity index (χ2v) is 6.36. The van der Waals surface area contributed by atoms with Crippen LogP contribution in [0.25, 0.3) is 23.3 Å². The Morgan fingerprint density at radius 3 is 2.32 bits per heavy atom. The number of methoxy groups -OCH3 is 1. The Kier molecular flexibility index (Phi) is 4.95. The molecular formula is C20H15F3OS. The highest BCUT2D eigenvalue weighted by Crippen LogP contribution is 2.38. The summed E-state index contributed by atoms with van der Waals surface area (Å²) in [6.07, 6.45) is -0.922. The molecule has 0 spiro atoms. The first-order valence-corrected chi connectivity index (χ1v) is 8.42. The predicted octanol–water partition coefficient (Wildman–Crippen LogP) is 6.61. The number of hydrogen-bond donors (Lipinski definition) is 0. The highest BCUT2D eigenvalue weighted by atomic mass is 32.1. The van der Waals surface area contributed by atoms with Crippen molar-refractivity contribution in [3.8, 4) is 16.9 Å². The van der Waals surface area contributed by atoms with Crippen molar-refractivity contribution in [2.75, 3.05) is 7.11 Å². The molecule has 5 heteroatoms. The molecule has 0 fully saturated rings. The minimum atomic E-state index is -4.43. The molecule has 2 aromatic carbocycles. The fraction of sp³-hybridized carbons (Fsp3) is 0.100. The summed E-state index contributed by atoms with van der Waals surface area (Å²) in [5.41, 5.74) is 0.523. The number of halogens is 3. The maximum absolute atomic E-state index is 13.5. The third kappa shape index (κ3) is 4.12. The molecule has 3 rings (SSSR count). The second kappa shape index (κ2) is 7.15. The molecule has 0 aliphatic rings. The summed E-state index contributed by atoms with van der Waals surface area (Å²) >= 11 is 1.53. The second-order valence-electron chi connectivity index (χ2n) is 5.38. The molecule has 0 bridgehead atoms. The quantitative estimate of drug-likeness (QED) is 0.508. The van der Waals surface area contributed by atoms with Crippen LogP contribution in [0.2, 0.25) is 0 Å². The molecule has 0 saturated carbocycles. The molecule has 1 nitrogen and oxygen atoms in total. The smallest absolute Gasteiger partial charge is 0.417 e. The Labute approximate surface area is 148 Å². The van der Waals surface area contributed by atoms with E-state index in [1.165, 1.54) is 30.6 Å². The van der Waals surface area contributed by atoms with Crippen LogP contribution in [0, 0.1) is 0 Å². The topological polar surface area (TPSA) is 9.23 Å². The molecule has 0 aliphatic heterocycles. The average Bonchev–Trinajstić information content (AvgIpc) is 3.13. The van der Waals surface area contributed by atoms with E-state index >= 15 is 0 Å². The van der Waals surface area contributed by atoms with E-state index in [4.69, 9.17) is 4.74 Å². The van der Waals surface area contributed by atoms with E-state index in [1.54, 1.807) is 36.4 Å². The maximum Gasteiger partial charge on any atom is 0.417 e. The van der Waals surface area contributed by atoms with Crippen LogP contribution < -0.4 is 4.74 Å². The normalized spacial score (nSPS) is 11.8. The van der Waals surface area contributed by atoms with Gasteiger partial charge in [0.2, 0.25) is 0 Å². The SMILES string of the molecule is COc1ccc(-c2ccc(/C=C/c3cccs3)cc2C(F)(F)F)cc1. The van der Waals surface area contributed by atoms with Crippen LogP contribution in [-0.4, -0.2) is 7.11 Å². The summed E-state index contributed by atoms with van der Waals surface area (Å²) in [4.78, 5) is 0.993. The summed E-state index contributed by atoms with van der Waals surface area (Å²) in [6, 6.07) is 14.8. The highest BCUT2D eigenvalue weighted by Gasteiger charge is 2.33. The molecule has 0 saturated heterocycles. The van der Waals surface area contributed by atoms with E-state index in [9.17, 15) is 13.2 Å². The van der Waals surface area contributed by atoms with Gasteiger partial charge in [-0.1, -0.05) is 36.4 Å². The predicted molar refractivity (Wildman–Crippen MR) is 96.7 cm³/mol. The summed E-state index contributed by atoms with van der Waals surface area (Å²) in [5.74, 6) is 0.604. The molecule has 0 amide bonds. The van der Waals surface area contributed by atoms with Crippen LogP contribution >= 0.6 is 11.3 Å². The monoisotopic (exact) mass is 360 g/mol. The van der Waals surface area contributed by atoms with Crippen molar-refractivity contribution in [2.24, 2.45) is 0 Å². The molecule has 128 valence electrons. The minimum absolute atomic E-state index is 0.156. The van der Waals surface area contributed by atoms with E-state index in [-0.39, 0.29) is 5.56 Å². The molecular weight excluding hydrogens is 345 g/mol. The number of rotatable bonds is 4. The molecule has 1 aromatic heterocycles. The van der Waals surface area contributed by atoms with E-state index in [0.29, 0.717) is 16.9 Å². The molecule has 3 aromatic rings. The molecule has 0 aliphatic carbocycles. The van der Waals surface area contributed by atoms with Crippen molar-refractivity contribution < 1.29 is 17.9 Å². The molecule has 0 N–H and O–H groups in total. The van der Waals surface area contributed by atoms with Gasteiger partial charge >= 0.3 is 6.18 Å². The number of hydrogen-bond acceptors (Lipinski definition) is 2. The number of benzene rings is 2. The van der Waals surface area contributed by atoms with Gasteiger partial charge in [0.05, 0.1) is 12.7 Å². The average molecular weight is 360 g/mol. The molecule has 0 unspecified atom stereocenters. The van der Waals surface area contributed by atoms with Crippen molar-refractivity contribution in [1.29, 1.82) is 0 Å². The lowest BCUT2D eigenvalue weighted by Gasteiger charge is -2.14. The number of ether oxygens (including phenoxy) is 1. The molecule has 1 heterocycles. The Bertz CT molecular complexity index is 863. The fourth-order valence-corrected chi connectivity index (χ4v) is 3.10. The van der Waals surface area contributed by atoms with Crippen LogP contribution in [0.5, 0.6) is 5.75 Å². The van der Waals surface area contributed by atoms with Gasteiger partial charge in [0, 0.05) is 4.88 Å². The van der Waals surface area contributed by atoms with E-state index in [1.807, 2.05) is 23.6 Å². The Morgan fingerprint density at radius 2 is 1.72 bits per heavy atom. The third-order valence-electron chi connectivity index (χ3n) is 3.73. The third-order valence-corrected chi connectivity index (χ3v) is 4.57. The van der Waals surface area contributed by atoms with Crippen LogP contribution in [0.4, 0.5) is 13.2 Å². The van der Waals surface area contributed by atoms with Gasteiger partial charge in [-0.2, -0.15) is 13.2 Å². The molecule has 0 atom stereocenters. The van der Waals surface area contributed by atoms with E-state index in [0.717, 1.165) is 4.88 Å². The molecule has 0 radical (unpaired) electrons. The zero-order chi connectivity index (χ0) is 17.9. The summed E-state index contributed by atoms with van der Waals surface area (Å²) in [6.45, 7) is 0. The summed E-state index contributed by atoms with van der Waals surface area (Å²) in [7, 11) is 1.52. The van der Waals surface area contributed by atoms with Crippen molar-refractivity contribution in [2.45, 2.75) is 6.18 Å². The Balaban J connectivity index is 2.00. The Morgan fingerprint density at radius 1 is 0.960 bits per heavy atom. The number of alkyl halides is 3. The van der Waals surface area contributed by atoms with E-state index < -0.39 is 11.7 Å². The fourth-order valence-electron chi connectivity index (χ4n) is 2.49.